The number of carbonyl (C=O) groups excluding carboxylic acids is 2. The molecule has 2 heterocycles. The van der Waals surface area contributed by atoms with Crippen LogP contribution in [0.25, 0.3) is 6.08 Å². The molecule has 1 aromatic rings. The summed E-state index contributed by atoms with van der Waals surface area (Å²) in [5.74, 6) is -0.0494. The van der Waals surface area contributed by atoms with E-state index in [-0.39, 0.29) is 12.0 Å². The summed E-state index contributed by atoms with van der Waals surface area (Å²) in [6, 6.07) is 0. The van der Waals surface area contributed by atoms with Gasteiger partial charge in [0.2, 0.25) is 5.91 Å². The Morgan fingerprint density at radius 3 is 2.50 bits per heavy atom. The molecule has 0 bridgehead atoms. The van der Waals surface area contributed by atoms with Crippen LogP contribution >= 0.6 is 11.3 Å². The normalized spacial score (nSPS) is 16.3. The van der Waals surface area contributed by atoms with Gasteiger partial charge < -0.3 is 14.5 Å². The van der Waals surface area contributed by atoms with Crippen molar-refractivity contribution in [2.24, 2.45) is 0 Å². The quantitative estimate of drug-likeness (QED) is 0.769. The van der Waals surface area contributed by atoms with Crippen molar-refractivity contribution >= 4 is 29.4 Å². The van der Waals surface area contributed by atoms with E-state index < -0.39 is 5.60 Å². The molecule has 7 heteroatoms. The van der Waals surface area contributed by atoms with E-state index in [0.29, 0.717) is 26.2 Å². The number of nitrogens with zero attached hydrogens (tertiary/aromatic N) is 3. The van der Waals surface area contributed by atoms with Crippen molar-refractivity contribution < 1.29 is 14.3 Å². The summed E-state index contributed by atoms with van der Waals surface area (Å²) in [4.78, 5) is 32.2. The Kier molecular flexibility index (Phi) is 5.99. The van der Waals surface area contributed by atoms with E-state index in [1.807, 2.05) is 33.1 Å². The highest BCUT2D eigenvalue weighted by atomic mass is 32.1. The lowest BCUT2D eigenvalue weighted by atomic mass is 10.2. The van der Waals surface area contributed by atoms with Gasteiger partial charge in [-0.05, 0) is 40.2 Å². The number of rotatable bonds is 2. The Hall–Kier alpha value is -1.89. The van der Waals surface area contributed by atoms with Crippen LogP contribution in [0.2, 0.25) is 0 Å². The molecule has 2 rings (SSSR count). The number of carbonyl (C=O) groups is 2. The molecule has 0 atom stereocenters. The molecule has 1 fully saturated rings. The summed E-state index contributed by atoms with van der Waals surface area (Å²) < 4.78 is 5.40. The zero-order chi connectivity index (χ0) is 17.7. The van der Waals surface area contributed by atoms with Crippen molar-refractivity contribution in [1.29, 1.82) is 0 Å². The fraction of sp³-hybridized carbons (Fsp3) is 0.588. The van der Waals surface area contributed by atoms with Gasteiger partial charge in [-0.25, -0.2) is 9.78 Å². The number of thiazole rings is 1. The minimum Gasteiger partial charge on any atom is -0.444 e. The van der Waals surface area contributed by atoms with Crippen LogP contribution < -0.4 is 0 Å². The largest absolute Gasteiger partial charge is 0.444 e. The fourth-order valence-corrected chi connectivity index (χ4v) is 2.95. The van der Waals surface area contributed by atoms with E-state index in [0.717, 1.165) is 17.1 Å². The van der Waals surface area contributed by atoms with Crippen molar-refractivity contribution in [2.75, 3.05) is 26.2 Å². The first-order chi connectivity index (χ1) is 11.2. The van der Waals surface area contributed by atoms with Gasteiger partial charge in [0.25, 0.3) is 0 Å². The van der Waals surface area contributed by atoms with Crippen LogP contribution in [0.15, 0.2) is 11.5 Å². The van der Waals surface area contributed by atoms with Crippen LogP contribution in [-0.4, -0.2) is 58.6 Å². The molecule has 1 aliphatic rings. The minimum absolute atomic E-state index is 0.0494. The fourth-order valence-electron chi connectivity index (χ4n) is 2.37. The number of amides is 2. The third kappa shape index (κ3) is 5.63. The van der Waals surface area contributed by atoms with Crippen LogP contribution in [0.1, 0.15) is 37.9 Å². The zero-order valence-corrected chi connectivity index (χ0v) is 15.6. The van der Waals surface area contributed by atoms with E-state index in [2.05, 4.69) is 4.98 Å². The van der Waals surface area contributed by atoms with Crippen LogP contribution in [0.5, 0.6) is 0 Å². The summed E-state index contributed by atoms with van der Waals surface area (Å²) in [5, 5.41) is 2.90. The molecule has 0 N–H and O–H groups in total. The lowest BCUT2D eigenvalue weighted by Gasteiger charge is -2.26. The van der Waals surface area contributed by atoms with Crippen LogP contribution in [0.4, 0.5) is 4.79 Å². The Labute approximate surface area is 147 Å². The number of hydrogen-bond donors (Lipinski definition) is 0. The maximum Gasteiger partial charge on any atom is 0.410 e. The predicted octanol–water partition coefficient (Wildman–Crippen LogP) is 2.93. The summed E-state index contributed by atoms with van der Waals surface area (Å²) in [6.45, 7) is 9.73. The second kappa shape index (κ2) is 7.79. The molecular formula is C17H25N3O3S. The van der Waals surface area contributed by atoms with Crippen LogP contribution in [-0.2, 0) is 9.53 Å². The molecule has 0 saturated carbocycles. The molecule has 0 radical (unpaired) electrons. The monoisotopic (exact) mass is 351 g/mol. The maximum absolute atomic E-state index is 12.3. The highest BCUT2D eigenvalue weighted by molar-refractivity contribution is 7.09. The van der Waals surface area contributed by atoms with Gasteiger partial charge >= 0.3 is 6.09 Å². The second-order valence-electron chi connectivity index (χ2n) is 6.77. The SMILES string of the molecule is Cc1nc(/C=C/C(=O)N2CCCN(C(=O)OC(C)(C)C)CC2)cs1. The molecule has 6 nitrogen and oxygen atoms in total. The lowest BCUT2D eigenvalue weighted by Crippen LogP contribution is -2.39. The van der Waals surface area contributed by atoms with Gasteiger partial charge in [-0.3, -0.25) is 4.79 Å². The zero-order valence-electron chi connectivity index (χ0n) is 14.7. The summed E-state index contributed by atoms with van der Waals surface area (Å²) in [6.07, 6.45) is 3.72. The van der Waals surface area contributed by atoms with Gasteiger partial charge in [-0.15, -0.1) is 11.3 Å². The van der Waals surface area contributed by atoms with Crippen molar-refractivity contribution in [3.05, 3.63) is 22.2 Å². The van der Waals surface area contributed by atoms with E-state index in [1.165, 1.54) is 0 Å². The van der Waals surface area contributed by atoms with E-state index in [1.54, 1.807) is 33.3 Å². The third-order valence-corrected chi connectivity index (χ3v) is 4.28. The molecule has 0 unspecified atom stereocenters. The van der Waals surface area contributed by atoms with E-state index in [9.17, 15) is 9.59 Å². The first-order valence-electron chi connectivity index (χ1n) is 8.12. The van der Waals surface area contributed by atoms with Crippen molar-refractivity contribution in [3.63, 3.8) is 0 Å². The topological polar surface area (TPSA) is 62.7 Å². The van der Waals surface area contributed by atoms with Gasteiger partial charge in [0.1, 0.15) is 5.60 Å². The minimum atomic E-state index is -0.507. The van der Waals surface area contributed by atoms with Crippen LogP contribution in [0, 0.1) is 6.92 Å². The molecule has 0 aliphatic carbocycles. The standard InChI is InChI=1S/C17H25N3O3S/c1-13-18-14(12-24-13)6-7-15(21)19-8-5-9-20(11-10-19)16(22)23-17(2,3)4/h6-7,12H,5,8-11H2,1-4H3/b7-6+. The molecule has 1 saturated heterocycles. The van der Waals surface area contributed by atoms with E-state index >= 15 is 0 Å². The summed E-state index contributed by atoms with van der Waals surface area (Å²) in [5.41, 5.74) is 0.295. The van der Waals surface area contributed by atoms with Gasteiger partial charge in [0.15, 0.2) is 0 Å². The van der Waals surface area contributed by atoms with Crippen LogP contribution in [0.3, 0.4) is 0 Å². The molecular weight excluding hydrogens is 326 g/mol. The molecule has 132 valence electrons. The smallest absolute Gasteiger partial charge is 0.410 e. The van der Waals surface area contributed by atoms with Crippen molar-refractivity contribution in [3.8, 4) is 0 Å². The average Bonchev–Trinajstić information content (AvgIpc) is 2.74. The summed E-state index contributed by atoms with van der Waals surface area (Å²) >= 11 is 1.56. The average molecular weight is 351 g/mol. The van der Waals surface area contributed by atoms with Gasteiger partial charge in [0.05, 0.1) is 10.7 Å². The maximum atomic E-state index is 12.3. The van der Waals surface area contributed by atoms with Gasteiger partial charge in [-0.1, -0.05) is 0 Å². The molecule has 1 aromatic heterocycles. The highest BCUT2D eigenvalue weighted by Crippen LogP contribution is 2.13. The number of ether oxygens (including phenoxy) is 1. The Morgan fingerprint density at radius 2 is 1.88 bits per heavy atom. The van der Waals surface area contributed by atoms with Crippen molar-refractivity contribution in [2.45, 2.75) is 39.7 Å². The number of hydrogen-bond acceptors (Lipinski definition) is 5. The van der Waals surface area contributed by atoms with E-state index in [4.69, 9.17) is 4.74 Å². The third-order valence-electron chi connectivity index (χ3n) is 3.49. The number of aryl methyl sites for hydroxylation is 1. The Morgan fingerprint density at radius 1 is 1.21 bits per heavy atom. The first-order valence-corrected chi connectivity index (χ1v) is 8.99. The number of aromatic nitrogens is 1. The molecule has 24 heavy (non-hydrogen) atoms. The van der Waals surface area contributed by atoms with Gasteiger partial charge in [-0.2, -0.15) is 0 Å². The molecule has 1 aliphatic heterocycles. The summed E-state index contributed by atoms with van der Waals surface area (Å²) in [7, 11) is 0. The second-order valence-corrected chi connectivity index (χ2v) is 7.83. The predicted molar refractivity (Wildman–Crippen MR) is 94.9 cm³/mol. The molecule has 0 spiro atoms. The Balaban J connectivity index is 1.89. The molecule has 2 amide bonds. The first kappa shape index (κ1) is 18.4. The molecule has 0 aromatic carbocycles. The lowest BCUT2D eigenvalue weighted by molar-refractivity contribution is -0.125. The van der Waals surface area contributed by atoms with Crippen molar-refractivity contribution in [1.82, 2.24) is 14.8 Å². The Bertz CT molecular complexity index is 619. The van der Waals surface area contributed by atoms with Gasteiger partial charge in [0, 0.05) is 37.6 Å². The highest BCUT2D eigenvalue weighted by Gasteiger charge is 2.25.